The molecule has 1 fully saturated rings. The number of carbonyl (C=O) groups is 2. The second-order valence-electron chi connectivity index (χ2n) is 5.33. The summed E-state index contributed by atoms with van der Waals surface area (Å²) in [5, 5.41) is 11.1. The number of nitrogens with zero attached hydrogens (tertiary/aromatic N) is 1. The van der Waals surface area contributed by atoms with Crippen LogP contribution in [0.25, 0.3) is 5.76 Å². The number of halogens is 1. The molecule has 0 aromatic heterocycles. The quantitative estimate of drug-likeness (QED) is 0.522. The van der Waals surface area contributed by atoms with Gasteiger partial charge in [-0.25, -0.2) is 0 Å². The van der Waals surface area contributed by atoms with Crippen LogP contribution < -0.4 is 0 Å². The minimum Gasteiger partial charge on any atom is -0.507 e. The summed E-state index contributed by atoms with van der Waals surface area (Å²) < 4.78 is 0. The Morgan fingerprint density at radius 3 is 2.26 bits per heavy atom. The van der Waals surface area contributed by atoms with Crippen LogP contribution in [0.2, 0.25) is 5.02 Å². The van der Waals surface area contributed by atoms with Crippen molar-refractivity contribution in [1.82, 2.24) is 4.90 Å². The molecule has 1 heterocycles. The lowest BCUT2D eigenvalue weighted by Gasteiger charge is -2.21. The number of carbonyl (C=O) groups excluding carboxylic acids is 2. The summed E-state index contributed by atoms with van der Waals surface area (Å²) >= 11 is 5.90. The maximum Gasteiger partial charge on any atom is 0.295 e. The largest absolute Gasteiger partial charge is 0.507 e. The molecule has 116 valence electrons. The number of aliphatic hydroxyl groups is 1. The molecular formula is C18H14ClNO3. The number of aliphatic hydroxyl groups excluding tert-OH is 1. The van der Waals surface area contributed by atoms with Crippen LogP contribution in [0.4, 0.5) is 0 Å². The van der Waals surface area contributed by atoms with Gasteiger partial charge in [0.05, 0.1) is 11.6 Å². The number of amides is 1. The molecule has 1 aliphatic heterocycles. The molecule has 1 unspecified atom stereocenters. The van der Waals surface area contributed by atoms with Gasteiger partial charge in [0.1, 0.15) is 5.76 Å². The van der Waals surface area contributed by atoms with E-state index in [0.29, 0.717) is 16.1 Å². The molecule has 0 bridgehead atoms. The number of likely N-dealkylation sites (tertiary alicyclic amines) is 1. The smallest absolute Gasteiger partial charge is 0.295 e. The Hall–Kier alpha value is -2.59. The molecule has 3 rings (SSSR count). The first kappa shape index (κ1) is 15.3. The third-order valence-corrected chi connectivity index (χ3v) is 4.16. The lowest BCUT2D eigenvalue weighted by molar-refractivity contribution is -0.139. The first-order valence-electron chi connectivity index (χ1n) is 7.06. The van der Waals surface area contributed by atoms with Crippen LogP contribution in [0.3, 0.4) is 0 Å². The standard InChI is InChI=1S/C18H14ClNO3/c1-20-15(11-7-9-13(19)10-8-11)14(17(22)18(20)23)16(21)12-5-3-2-4-6-12/h2-10,15,21H,1H3. The monoisotopic (exact) mass is 327 g/mol. The van der Waals surface area contributed by atoms with E-state index in [-0.39, 0.29) is 11.3 Å². The summed E-state index contributed by atoms with van der Waals surface area (Å²) in [5.41, 5.74) is 1.30. The van der Waals surface area contributed by atoms with E-state index in [2.05, 4.69) is 0 Å². The maximum atomic E-state index is 12.3. The molecule has 0 aliphatic carbocycles. The zero-order valence-electron chi connectivity index (χ0n) is 12.4. The van der Waals surface area contributed by atoms with Crippen molar-refractivity contribution in [3.05, 3.63) is 76.3 Å². The Bertz CT molecular complexity index is 797. The first-order valence-corrected chi connectivity index (χ1v) is 7.44. The lowest BCUT2D eigenvalue weighted by atomic mass is 9.95. The molecule has 0 saturated carbocycles. The number of likely N-dealkylation sites (N-methyl/N-ethyl adjacent to an activating group) is 1. The van der Waals surface area contributed by atoms with Gasteiger partial charge in [-0.1, -0.05) is 54.1 Å². The highest BCUT2D eigenvalue weighted by Gasteiger charge is 2.44. The highest BCUT2D eigenvalue weighted by Crippen LogP contribution is 2.38. The van der Waals surface area contributed by atoms with E-state index in [1.807, 2.05) is 6.07 Å². The highest BCUT2D eigenvalue weighted by molar-refractivity contribution is 6.46. The number of hydrogen-bond acceptors (Lipinski definition) is 3. The van der Waals surface area contributed by atoms with Gasteiger partial charge in [0.15, 0.2) is 0 Å². The zero-order valence-corrected chi connectivity index (χ0v) is 13.1. The summed E-state index contributed by atoms with van der Waals surface area (Å²) in [6.45, 7) is 0. The molecule has 1 atom stereocenters. The second kappa shape index (κ2) is 5.89. The predicted molar refractivity (Wildman–Crippen MR) is 88.0 cm³/mol. The Kier molecular flexibility index (Phi) is 3.92. The van der Waals surface area contributed by atoms with Gasteiger partial charge in [0.25, 0.3) is 11.7 Å². The molecular weight excluding hydrogens is 314 g/mol. The molecule has 5 heteroatoms. The Labute approximate surface area is 138 Å². The van der Waals surface area contributed by atoms with E-state index < -0.39 is 17.7 Å². The molecule has 1 aliphatic rings. The average molecular weight is 328 g/mol. The van der Waals surface area contributed by atoms with Crippen molar-refractivity contribution in [1.29, 1.82) is 0 Å². The van der Waals surface area contributed by atoms with E-state index in [1.54, 1.807) is 55.6 Å². The van der Waals surface area contributed by atoms with Gasteiger partial charge in [-0.15, -0.1) is 0 Å². The summed E-state index contributed by atoms with van der Waals surface area (Å²) in [6.07, 6.45) is 0. The Morgan fingerprint density at radius 1 is 1.04 bits per heavy atom. The third kappa shape index (κ3) is 2.62. The molecule has 0 spiro atoms. The molecule has 1 saturated heterocycles. The number of benzene rings is 2. The van der Waals surface area contributed by atoms with Gasteiger partial charge < -0.3 is 10.0 Å². The van der Waals surface area contributed by atoms with Crippen LogP contribution >= 0.6 is 11.6 Å². The maximum absolute atomic E-state index is 12.3. The fraction of sp³-hybridized carbons (Fsp3) is 0.111. The Morgan fingerprint density at radius 2 is 1.65 bits per heavy atom. The molecule has 1 amide bonds. The number of Topliss-reactive ketones (excluding diaryl/α,β-unsaturated/α-hetero) is 1. The topological polar surface area (TPSA) is 57.6 Å². The summed E-state index contributed by atoms with van der Waals surface area (Å²) in [4.78, 5) is 25.8. The zero-order chi connectivity index (χ0) is 16.6. The normalized spacial score (nSPS) is 20.1. The molecule has 2 aromatic rings. The predicted octanol–water partition coefficient (Wildman–Crippen LogP) is 3.39. The van der Waals surface area contributed by atoms with Crippen LogP contribution in [-0.4, -0.2) is 28.7 Å². The molecule has 0 radical (unpaired) electrons. The summed E-state index contributed by atoms with van der Waals surface area (Å²) in [5.74, 6) is -1.50. The fourth-order valence-electron chi connectivity index (χ4n) is 2.73. The third-order valence-electron chi connectivity index (χ3n) is 3.91. The van der Waals surface area contributed by atoms with Gasteiger partial charge in [-0.3, -0.25) is 9.59 Å². The SMILES string of the molecule is CN1C(=O)C(=O)C(=C(O)c2ccccc2)C1c1ccc(Cl)cc1. The van der Waals surface area contributed by atoms with Crippen molar-refractivity contribution in [2.24, 2.45) is 0 Å². The number of rotatable bonds is 2. The van der Waals surface area contributed by atoms with Crippen LogP contribution in [0.1, 0.15) is 17.2 Å². The summed E-state index contributed by atoms with van der Waals surface area (Å²) in [7, 11) is 1.55. The summed E-state index contributed by atoms with van der Waals surface area (Å²) in [6, 6.07) is 14.9. The molecule has 1 N–H and O–H groups in total. The minimum atomic E-state index is -0.686. The van der Waals surface area contributed by atoms with Gasteiger partial charge in [0.2, 0.25) is 0 Å². The average Bonchev–Trinajstić information content (AvgIpc) is 2.80. The Balaban J connectivity index is 2.17. The second-order valence-corrected chi connectivity index (χ2v) is 5.76. The van der Waals surface area contributed by atoms with Crippen molar-refractivity contribution in [2.45, 2.75) is 6.04 Å². The number of ketones is 1. The molecule has 2 aromatic carbocycles. The van der Waals surface area contributed by atoms with Crippen molar-refractivity contribution in [3.8, 4) is 0 Å². The van der Waals surface area contributed by atoms with E-state index >= 15 is 0 Å². The fourth-order valence-corrected chi connectivity index (χ4v) is 2.86. The molecule has 23 heavy (non-hydrogen) atoms. The van der Waals surface area contributed by atoms with Crippen LogP contribution in [0.5, 0.6) is 0 Å². The van der Waals surface area contributed by atoms with E-state index in [9.17, 15) is 14.7 Å². The van der Waals surface area contributed by atoms with Crippen molar-refractivity contribution < 1.29 is 14.7 Å². The highest BCUT2D eigenvalue weighted by atomic mass is 35.5. The van der Waals surface area contributed by atoms with Crippen LogP contribution in [0, 0.1) is 0 Å². The van der Waals surface area contributed by atoms with E-state index in [1.165, 1.54) is 4.90 Å². The van der Waals surface area contributed by atoms with Gasteiger partial charge in [-0.2, -0.15) is 0 Å². The first-order chi connectivity index (χ1) is 11.0. The van der Waals surface area contributed by atoms with Gasteiger partial charge >= 0.3 is 0 Å². The molecule has 4 nitrogen and oxygen atoms in total. The van der Waals surface area contributed by atoms with Crippen LogP contribution in [-0.2, 0) is 9.59 Å². The lowest BCUT2D eigenvalue weighted by Crippen LogP contribution is -2.24. The van der Waals surface area contributed by atoms with E-state index in [0.717, 1.165) is 0 Å². The van der Waals surface area contributed by atoms with Crippen molar-refractivity contribution in [2.75, 3.05) is 7.05 Å². The van der Waals surface area contributed by atoms with Gasteiger partial charge in [-0.05, 0) is 17.7 Å². The minimum absolute atomic E-state index is 0.0889. The van der Waals surface area contributed by atoms with Crippen molar-refractivity contribution in [3.63, 3.8) is 0 Å². The van der Waals surface area contributed by atoms with Gasteiger partial charge in [0, 0.05) is 17.6 Å². The van der Waals surface area contributed by atoms with Crippen LogP contribution in [0.15, 0.2) is 60.2 Å². The van der Waals surface area contributed by atoms with E-state index in [4.69, 9.17) is 11.6 Å². The van der Waals surface area contributed by atoms with Crippen molar-refractivity contribution >= 4 is 29.1 Å². The number of hydrogen-bond donors (Lipinski definition) is 1.